The zero-order valence-electron chi connectivity index (χ0n) is 18.1. The van der Waals surface area contributed by atoms with Crippen LogP contribution in [-0.2, 0) is 13.0 Å². The third-order valence-electron chi connectivity index (χ3n) is 6.67. The van der Waals surface area contributed by atoms with E-state index >= 15 is 0 Å². The summed E-state index contributed by atoms with van der Waals surface area (Å²) >= 11 is 0. The standard InChI is InChI=1S/C27H27N5/c1-4-15-32(16-5-1)27-24(9-6-14-28-27)29-18-19-10-12-20(13-11-19)25-23-17-21-7-2-3-8-22(21)26(23)31-30-25/h2-3,6-14,29H,1,4-5,15-18H2,(H,30,31). The summed E-state index contributed by atoms with van der Waals surface area (Å²) in [5.74, 6) is 1.08. The van der Waals surface area contributed by atoms with Gasteiger partial charge in [-0.3, -0.25) is 5.10 Å². The Morgan fingerprint density at radius 3 is 2.62 bits per heavy atom. The summed E-state index contributed by atoms with van der Waals surface area (Å²) in [6.07, 6.45) is 6.66. The van der Waals surface area contributed by atoms with Gasteiger partial charge in [-0.05, 0) is 42.5 Å². The summed E-state index contributed by atoms with van der Waals surface area (Å²) in [6, 6.07) is 21.5. The molecular formula is C27H27N5. The van der Waals surface area contributed by atoms with Gasteiger partial charge in [0.1, 0.15) is 0 Å². The predicted molar refractivity (Wildman–Crippen MR) is 130 cm³/mol. The van der Waals surface area contributed by atoms with Gasteiger partial charge in [-0.1, -0.05) is 48.5 Å². The monoisotopic (exact) mass is 421 g/mol. The fourth-order valence-electron chi connectivity index (χ4n) is 4.98. The molecule has 0 atom stereocenters. The maximum absolute atomic E-state index is 4.66. The van der Waals surface area contributed by atoms with Gasteiger partial charge in [-0.2, -0.15) is 5.10 Å². The maximum atomic E-state index is 4.66. The smallest absolute Gasteiger partial charge is 0.151 e. The molecule has 0 amide bonds. The van der Waals surface area contributed by atoms with E-state index in [1.807, 2.05) is 12.3 Å². The first-order valence-electron chi connectivity index (χ1n) is 11.6. The van der Waals surface area contributed by atoms with Crippen LogP contribution in [0.3, 0.4) is 0 Å². The Kier molecular flexibility index (Phi) is 4.87. The van der Waals surface area contributed by atoms with Crippen molar-refractivity contribution in [1.82, 2.24) is 15.2 Å². The number of hydrogen-bond acceptors (Lipinski definition) is 4. The van der Waals surface area contributed by atoms with Crippen LogP contribution in [0, 0.1) is 0 Å². The van der Waals surface area contributed by atoms with E-state index in [0.29, 0.717) is 0 Å². The van der Waals surface area contributed by atoms with Crippen molar-refractivity contribution >= 4 is 11.5 Å². The van der Waals surface area contributed by atoms with Crippen LogP contribution in [0.15, 0.2) is 66.9 Å². The lowest BCUT2D eigenvalue weighted by Gasteiger charge is -2.29. The normalized spacial score (nSPS) is 14.8. The highest BCUT2D eigenvalue weighted by Crippen LogP contribution is 2.39. The number of nitrogens with one attached hydrogen (secondary N) is 2. The van der Waals surface area contributed by atoms with Crippen molar-refractivity contribution in [3.05, 3.63) is 83.6 Å². The quantitative estimate of drug-likeness (QED) is 0.385. The summed E-state index contributed by atoms with van der Waals surface area (Å²) in [6.45, 7) is 2.97. The molecule has 2 aromatic heterocycles. The van der Waals surface area contributed by atoms with Crippen LogP contribution >= 0.6 is 0 Å². The zero-order valence-corrected chi connectivity index (χ0v) is 18.1. The lowest BCUT2D eigenvalue weighted by Crippen LogP contribution is -2.30. The van der Waals surface area contributed by atoms with Crippen molar-refractivity contribution in [2.75, 3.05) is 23.3 Å². The van der Waals surface area contributed by atoms with Gasteiger partial charge in [0.15, 0.2) is 5.82 Å². The van der Waals surface area contributed by atoms with Crippen LogP contribution in [0.4, 0.5) is 11.5 Å². The largest absolute Gasteiger partial charge is 0.378 e. The van der Waals surface area contributed by atoms with Gasteiger partial charge in [0.05, 0.1) is 17.1 Å². The minimum absolute atomic E-state index is 0.775. The summed E-state index contributed by atoms with van der Waals surface area (Å²) in [5, 5.41) is 11.5. The molecular weight excluding hydrogens is 394 g/mol. The predicted octanol–water partition coefficient (Wildman–Crippen LogP) is 5.65. The molecule has 5 nitrogen and oxygen atoms in total. The van der Waals surface area contributed by atoms with Crippen molar-refractivity contribution in [1.29, 1.82) is 0 Å². The van der Waals surface area contributed by atoms with Crippen LogP contribution in [0.5, 0.6) is 0 Å². The Bertz CT molecular complexity index is 1240. The molecule has 6 rings (SSSR count). The molecule has 0 radical (unpaired) electrons. The molecule has 5 heteroatoms. The number of rotatable bonds is 5. The van der Waals surface area contributed by atoms with Crippen LogP contribution < -0.4 is 10.2 Å². The first-order chi connectivity index (χ1) is 15.9. The summed E-state index contributed by atoms with van der Waals surface area (Å²) in [5.41, 5.74) is 9.72. The number of hydrogen-bond donors (Lipinski definition) is 2. The van der Waals surface area contributed by atoms with Gasteiger partial charge in [-0.25, -0.2) is 4.98 Å². The number of nitrogens with zero attached hydrogens (tertiary/aromatic N) is 3. The van der Waals surface area contributed by atoms with Gasteiger partial charge >= 0.3 is 0 Å². The van der Waals surface area contributed by atoms with E-state index < -0.39 is 0 Å². The lowest BCUT2D eigenvalue weighted by atomic mass is 10.0. The Labute approximate surface area is 188 Å². The molecule has 32 heavy (non-hydrogen) atoms. The molecule has 4 aromatic rings. The number of pyridine rings is 1. The van der Waals surface area contributed by atoms with E-state index in [1.165, 1.54) is 47.2 Å². The lowest BCUT2D eigenvalue weighted by molar-refractivity contribution is 0.574. The van der Waals surface area contributed by atoms with Gasteiger partial charge in [0.2, 0.25) is 0 Å². The number of fused-ring (bicyclic) bond motifs is 3. The van der Waals surface area contributed by atoms with E-state index in [1.54, 1.807) is 0 Å². The molecule has 2 aliphatic rings. The minimum atomic E-state index is 0.775. The third-order valence-corrected chi connectivity index (χ3v) is 6.67. The highest BCUT2D eigenvalue weighted by atomic mass is 15.2. The Hall–Kier alpha value is -3.60. The molecule has 1 aliphatic heterocycles. The highest BCUT2D eigenvalue weighted by Gasteiger charge is 2.24. The number of anilines is 2. The second kappa shape index (κ2) is 8.15. The number of benzene rings is 2. The molecule has 1 saturated heterocycles. The number of aromatic amines is 1. The second-order valence-electron chi connectivity index (χ2n) is 8.73. The van der Waals surface area contributed by atoms with Crippen LogP contribution in [-0.4, -0.2) is 28.3 Å². The van der Waals surface area contributed by atoms with Gasteiger partial charge in [-0.15, -0.1) is 0 Å². The molecule has 3 heterocycles. The molecule has 1 aliphatic carbocycles. The molecule has 0 bridgehead atoms. The molecule has 0 saturated carbocycles. The molecule has 2 aromatic carbocycles. The van der Waals surface area contributed by atoms with Crippen LogP contribution in [0.2, 0.25) is 0 Å². The van der Waals surface area contributed by atoms with Crippen molar-refractivity contribution in [3.8, 4) is 22.5 Å². The molecule has 2 N–H and O–H groups in total. The average Bonchev–Trinajstić information content (AvgIpc) is 3.43. The van der Waals surface area contributed by atoms with Crippen molar-refractivity contribution in [2.45, 2.75) is 32.2 Å². The SMILES string of the molecule is c1ccc2c(c1)Cc1c(-c3ccc(CNc4cccnc4N4CCCCC4)cc3)n[nH]c1-2. The Morgan fingerprint density at radius 2 is 1.75 bits per heavy atom. The number of aromatic nitrogens is 3. The number of piperidine rings is 1. The topological polar surface area (TPSA) is 56.8 Å². The van der Waals surface area contributed by atoms with Crippen molar-refractivity contribution in [2.24, 2.45) is 0 Å². The van der Waals surface area contributed by atoms with E-state index in [0.717, 1.165) is 48.8 Å². The third kappa shape index (κ3) is 3.44. The minimum Gasteiger partial charge on any atom is -0.378 e. The second-order valence-corrected chi connectivity index (χ2v) is 8.73. The first kappa shape index (κ1) is 19.1. The van der Waals surface area contributed by atoms with Crippen molar-refractivity contribution in [3.63, 3.8) is 0 Å². The van der Waals surface area contributed by atoms with Crippen LogP contribution in [0.25, 0.3) is 22.5 Å². The first-order valence-corrected chi connectivity index (χ1v) is 11.6. The molecule has 0 spiro atoms. The van der Waals surface area contributed by atoms with Crippen LogP contribution in [0.1, 0.15) is 36.0 Å². The van der Waals surface area contributed by atoms with Gasteiger partial charge in [0.25, 0.3) is 0 Å². The highest BCUT2D eigenvalue weighted by molar-refractivity contribution is 5.81. The summed E-state index contributed by atoms with van der Waals surface area (Å²) < 4.78 is 0. The summed E-state index contributed by atoms with van der Waals surface area (Å²) in [4.78, 5) is 7.07. The van der Waals surface area contributed by atoms with E-state index in [4.69, 9.17) is 0 Å². The molecule has 0 unspecified atom stereocenters. The van der Waals surface area contributed by atoms with Gasteiger partial charge < -0.3 is 10.2 Å². The van der Waals surface area contributed by atoms with Gasteiger partial charge in [0, 0.05) is 48.9 Å². The zero-order chi connectivity index (χ0) is 21.3. The summed E-state index contributed by atoms with van der Waals surface area (Å²) in [7, 11) is 0. The van der Waals surface area contributed by atoms with E-state index in [-0.39, 0.29) is 0 Å². The fraction of sp³-hybridized carbons (Fsp3) is 0.259. The molecule has 1 fully saturated rings. The molecule has 160 valence electrons. The average molecular weight is 422 g/mol. The fourth-order valence-corrected chi connectivity index (χ4v) is 4.98. The Balaban J connectivity index is 1.18. The van der Waals surface area contributed by atoms with E-state index in [9.17, 15) is 0 Å². The maximum Gasteiger partial charge on any atom is 0.151 e. The Morgan fingerprint density at radius 1 is 0.906 bits per heavy atom. The van der Waals surface area contributed by atoms with E-state index in [2.05, 4.69) is 80.0 Å². The number of H-pyrrole nitrogens is 1. The van der Waals surface area contributed by atoms with Crippen molar-refractivity contribution < 1.29 is 0 Å².